The molecule has 4 nitrogen and oxygen atoms in total. The SMILES string of the molecule is CCC(NCCCO)C(O)c1c(C)cc(OC)cc1C. The predicted octanol–water partition coefficient (Wildman–Crippen LogP) is 2.10. The van der Waals surface area contributed by atoms with E-state index in [1.165, 1.54) is 0 Å². The number of nitrogens with one attached hydrogen (secondary N) is 1. The minimum absolute atomic E-state index is 0.00709. The fourth-order valence-electron chi connectivity index (χ4n) is 2.57. The van der Waals surface area contributed by atoms with Gasteiger partial charge in [-0.2, -0.15) is 0 Å². The van der Waals surface area contributed by atoms with Gasteiger partial charge in [0.15, 0.2) is 0 Å². The molecule has 3 N–H and O–H groups in total. The molecule has 114 valence electrons. The Bertz CT molecular complexity index is 397. The zero-order valence-corrected chi connectivity index (χ0v) is 12.9. The average molecular weight is 281 g/mol. The first kappa shape index (κ1) is 17.0. The largest absolute Gasteiger partial charge is 0.497 e. The average Bonchev–Trinajstić information content (AvgIpc) is 2.42. The van der Waals surface area contributed by atoms with Gasteiger partial charge in [0, 0.05) is 12.6 Å². The number of benzene rings is 1. The van der Waals surface area contributed by atoms with Gasteiger partial charge < -0.3 is 20.3 Å². The zero-order valence-electron chi connectivity index (χ0n) is 12.9. The fourth-order valence-corrected chi connectivity index (χ4v) is 2.57. The Morgan fingerprint density at radius 3 is 2.30 bits per heavy atom. The lowest BCUT2D eigenvalue weighted by molar-refractivity contribution is 0.123. The van der Waals surface area contributed by atoms with Gasteiger partial charge in [-0.1, -0.05) is 6.92 Å². The summed E-state index contributed by atoms with van der Waals surface area (Å²) in [7, 11) is 1.65. The van der Waals surface area contributed by atoms with Crippen molar-refractivity contribution >= 4 is 0 Å². The molecule has 1 aromatic rings. The Morgan fingerprint density at radius 2 is 1.85 bits per heavy atom. The number of ether oxygens (including phenoxy) is 1. The van der Waals surface area contributed by atoms with Crippen LogP contribution in [0.2, 0.25) is 0 Å². The van der Waals surface area contributed by atoms with Crippen LogP contribution in [0.15, 0.2) is 12.1 Å². The highest BCUT2D eigenvalue weighted by atomic mass is 16.5. The molecule has 0 bridgehead atoms. The van der Waals surface area contributed by atoms with Crippen molar-refractivity contribution in [2.24, 2.45) is 0 Å². The summed E-state index contributed by atoms with van der Waals surface area (Å²) < 4.78 is 5.25. The van der Waals surface area contributed by atoms with E-state index in [4.69, 9.17) is 9.84 Å². The third-order valence-electron chi connectivity index (χ3n) is 3.66. The Labute approximate surface area is 121 Å². The van der Waals surface area contributed by atoms with Crippen molar-refractivity contribution in [1.82, 2.24) is 5.32 Å². The van der Waals surface area contributed by atoms with Crippen LogP contribution in [0.25, 0.3) is 0 Å². The number of rotatable bonds is 8. The lowest BCUT2D eigenvalue weighted by Gasteiger charge is -2.26. The van der Waals surface area contributed by atoms with Crippen molar-refractivity contribution in [3.05, 3.63) is 28.8 Å². The molecule has 0 amide bonds. The molecule has 4 heteroatoms. The fraction of sp³-hybridized carbons (Fsp3) is 0.625. The molecule has 0 radical (unpaired) electrons. The molecule has 0 saturated carbocycles. The summed E-state index contributed by atoms with van der Waals surface area (Å²) in [6.45, 7) is 6.91. The van der Waals surface area contributed by atoms with Gasteiger partial charge in [0.2, 0.25) is 0 Å². The van der Waals surface area contributed by atoms with Crippen LogP contribution in [-0.2, 0) is 0 Å². The molecule has 0 aliphatic rings. The molecule has 0 heterocycles. The van der Waals surface area contributed by atoms with Crippen molar-refractivity contribution < 1.29 is 14.9 Å². The second kappa shape index (κ2) is 8.25. The first-order chi connectivity index (χ1) is 9.54. The molecular formula is C16H27NO3. The quantitative estimate of drug-likeness (QED) is 0.639. The molecule has 0 fully saturated rings. The van der Waals surface area contributed by atoms with E-state index in [1.54, 1.807) is 7.11 Å². The van der Waals surface area contributed by atoms with E-state index in [0.29, 0.717) is 13.0 Å². The highest BCUT2D eigenvalue weighted by molar-refractivity contribution is 5.42. The second-order valence-corrected chi connectivity index (χ2v) is 5.17. The standard InChI is InChI=1S/C16H27NO3/c1-5-14(17-7-6-8-18)16(19)15-11(2)9-13(20-4)10-12(15)3/h9-10,14,16-19H,5-8H2,1-4H3. The molecule has 1 rings (SSSR count). The topological polar surface area (TPSA) is 61.7 Å². The smallest absolute Gasteiger partial charge is 0.119 e. The zero-order chi connectivity index (χ0) is 15.1. The summed E-state index contributed by atoms with van der Waals surface area (Å²) in [4.78, 5) is 0. The summed E-state index contributed by atoms with van der Waals surface area (Å²) in [6.07, 6.45) is 0.978. The number of aliphatic hydroxyl groups is 2. The van der Waals surface area contributed by atoms with Gasteiger partial charge in [-0.15, -0.1) is 0 Å². The third-order valence-corrected chi connectivity index (χ3v) is 3.66. The Balaban J connectivity index is 2.91. The molecule has 0 aliphatic heterocycles. The molecule has 0 saturated heterocycles. The van der Waals surface area contributed by atoms with E-state index < -0.39 is 6.10 Å². The van der Waals surface area contributed by atoms with Crippen molar-refractivity contribution in [2.45, 2.75) is 45.8 Å². The van der Waals surface area contributed by atoms with E-state index in [-0.39, 0.29) is 12.6 Å². The van der Waals surface area contributed by atoms with Crippen LogP contribution in [0.5, 0.6) is 5.75 Å². The monoisotopic (exact) mass is 281 g/mol. The maximum Gasteiger partial charge on any atom is 0.119 e. The summed E-state index contributed by atoms with van der Waals surface area (Å²) >= 11 is 0. The van der Waals surface area contributed by atoms with Crippen LogP contribution in [0.1, 0.15) is 42.6 Å². The van der Waals surface area contributed by atoms with Gasteiger partial charge in [-0.3, -0.25) is 0 Å². The highest BCUT2D eigenvalue weighted by Gasteiger charge is 2.22. The molecule has 1 aromatic carbocycles. The lowest BCUT2D eigenvalue weighted by Crippen LogP contribution is -2.36. The Hall–Kier alpha value is -1.10. The van der Waals surface area contributed by atoms with Gasteiger partial charge in [0.05, 0.1) is 13.2 Å². The first-order valence-electron chi connectivity index (χ1n) is 7.22. The minimum atomic E-state index is -0.551. The van der Waals surface area contributed by atoms with Crippen LogP contribution >= 0.6 is 0 Å². The normalized spacial score (nSPS) is 14.1. The van der Waals surface area contributed by atoms with Crippen molar-refractivity contribution in [1.29, 1.82) is 0 Å². The first-order valence-corrected chi connectivity index (χ1v) is 7.22. The highest BCUT2D eigenvalue weighted by Crippen LogP contribution is 2.29. The molecule has 2 atom stereocenters. The maximum atomic E-state index is 10.6. The van der Waals surface area contributed by atoms with Crippen molar-refractivity contribution in [3.63, 3.8) is 0 Å². The molecule has 20 heavy (non-hydrogen) atoms. The predicted molar refractivity (Wildman–Crippen MR) is 81.2 cm³/mol. The van der Waals surface area contributed by atoms with Crippen LogP contribution in [0.4, 0.5) is 0 Å². The van der Waals surface area contributed by atoms with Gasteiger partial charge in [0.1, 0.15) is 5.75 Å². The number of hydrogen-bond donors (Lipinski definition) is 3. The van der Waals surface area contributed by atoms with E-state index in [2.05, 4.69) is 5.32 Å². The molecule has 2 unspecified atom stereocenters. The van der Waals surface area contributed by atoms with E-state index >= 15 is 0 Å². The van der Waals surface area contributed by atoms with Crippen molar-refractivity contribution in [3.8, 4) is 5.75 Å². The molecule has 0 aromatic heterocycles. The van der Waals surface area contributed by atoms with Crippen molar-refractivity contribution in [2.75, 3.05) is 20.3 Å². The minimum Gasteiger partial charge on any atom is -0.497 e. The van der Waals surface area contributed by atoms with Crippen LogP contribution in [0, 0.1) is 13.8 Å². The van der Waals surface area contributed by atoms with E-state index in [9.17, 15) is 5.11 Å². The van der Waals surface area contributed by atoms with E-state index in [0.717, 1.165) is 28.9 Å². The van der Waals surface area contributed by atoms with Gasteiger partial charge in [-0.25, -0.2) is 0 Å². The number of aryl methyl sites for hydroxylation is 2. The number of aliphatic hydroxyl groups excluding tert-OH is 2. The molecule has 0 aliphatic carbocycles. The van der Waals surface area contributed by atoms with Gasteiger partial charge >= 0.3 is 0 Å². The van der Waals surface area contributed by atoms with Crippen LogP contribution < -0.4 is 10.1 Å². The lowest BCUT2D eigenvalue weighted by atomic mass is 9.92. The number of methoxy groups -OCH3 is 1. The Kier molecular flexibility index (Phi) is 6.99. The summed E-state index contributed by atoms with van der Waals surface area (Å²) in [5, 5.41) is 22.8. The maximum absolute atomic E-state index is 10.6. The molecular weight excluding hydrogens is 254 g/mol. The van der Waals surface area contributed by atoms with Gasteiger partial charge in [-0.05, 0) is 62.1 Å². The molecule has 0 spiro atoms. The summed E-state index contributed by atoms with van der Waals surface area (Å²) in [5.41, 5.74) is 3.04. The summed E-state index contributed by atoms with van der Waals surface area (Å²) in [6, 6.07) is 3.89. The van der Waals surface area contributed by atoms with E-state index in [1.807, 2.05) is 32.9 Å². The summed E-state index contributed by atoms with van der Waals surface area (Å²) in [5.74, 6) is 0.817. The van der Waals surface area contributed by atoms with Crippen LogP contribution in [-0.4, -0.2) is 36.5 Å². The van der Waals surface area contributed by atoms with Crippen LogP contribution in [0.3, 0.4) is 0 Å². The number of hydrogen-bond acceptors (Lipinski definition) is 4. The third kappa shape index (κ3) is 4.20. The second-order valence-electron chi connectivity index (χ2n) is 5.17. The Morgan fingerprint density at radius 1 is 1.25 bits per heavy atom. The van der Waals surface area contributed by atoms with Gasteiger partial charge in [0.25, 0.3) is 0 Å².